The van der Waals surface area contributed by atoms with E-state index in [0.717, 1.165) is 17.7 Å². The number of nitrogens with one attached hydrogen (secondary N) is 2. The number of aromatic hydroxyl groups is 2. The van der Waals surface area contributed by atoms with E-state index < -0.39 is 35.6 Å². The van der Waals surface area contributed by atoms with E-state index in [2.05, 4.69) is 16.7 Å². The summed E-state index contributed by atoms with van der Waals surface area (Å²) in [6.45, 7) is 7.45. The van der Waals surface area contributed by atoms with Crippen molar-refractivity contribution >= 4 is 17.9 Å². The summed E-state index contributed by atoms with van der Waals surface area (Å²) in [6, 6.07) is 11.9. The highest BCUT2D eigenvalue weighted by Crippen LogP contribution is 2.25. The lowest BCUT2D eigenvalue weighted by Gasteiger charge is -2.30. The van der Waals surface area contributed by atoms with Crippen molar-refractivity contribution in [2.75, 3.05) is 6.54 Å². The van der Waals surface area contributed by atoms with Crippen LogP contribution < -0.4 is 10.6 Å². The molecule has 2 aromatic rings. The van der Waals surface area contributed by atoms with Crippen LogP contribution in [0.1, 0.15) is 57.7 Å². The van der Waals surface area contributed by atoms with Crippen molar-refractivity contribution in [3.8, 4) is 24.0 Å². The molecule has 0 radical (unpaired) electrons. The maximum absolute atomic E-state index is 13.8. The molecule has 0 aromatic heterocycles. The van der Waals surface area contributed by atoms with Crippen LogP contribution in [0.4, 0.5) is 4.79 Å². The molecule has 0 saturated carbocycles. The predicted octanol–water partition coefficient (Wildman–Crippen LogP) is 3.61. The van der Waals surface area contributed by atoms with Gasteiger partial charge < -0.3 is 25.6 Å². The molecule has 0 spiro atoms. The van der Waals surface area contributed by atoms with Gasteiger partial charge in [-0.1, -0.05) is 44.0 Å². The zero-order valence-corrected chi connectivity index (χ0v) is 21.7. The molecule has 0 aliphatic heterocycles. The second-order valence-electron chi connectivity index (χ2n) is 9.55. The Labute approximate surface area is 217 Å². The minimum Gasteiger partial charge on any atom is -0.508 e. The minimum absolute atomic E-state index is 0.00993. The number of benzene rings is 2. The van der Waals surface area contributed by atoms with E-state index in [1.807, 2.05) is 6.92 Å². The Hall–Kier alpha value is -4.19. The first-order valence-corrected chi connectivity index (χ1v) is 12.1. The topological polar surface area (TPSA) is 128 Å². The molecule has 3 amide bonds. The van der Waals surface area contributed by atoms with E-state index in [0.29, 0.717) is 17.7 Å². The first-order chi connectivity index (χ1) is 17.4. The summed E-state index contributed by atoms with van der Waals surface area (Å²) in [6.07, 6.45) is 6.56. The van der Waals surface area contributed by atoms with Crippen molar-refractivity contribution in [1.29, 1.82) is 0 Å². The van der Waals surface area contributed by atoms with Crippen LogP contribution in [0.25, 0.3) is 0 Å². The highest BCUT2D eigenvalue weighted by Gasteiger charge is 2.36. The minimum atomic E-state index is -1.21. The molecule has 2 rings (SSSR count). The summed E-state index contributed by atoms with van der Waals surface area (Å²) in [4.78, 5) is 40.6. The van der Waals surface area contributed by atoms with Gasteiger partial charge in [-0.05, 0) is 62.6 Å². The molecule has 37 heavy (non-hydrogen) atoms. The molecular formula is C28H35N3O6. The zero-order valence-electron chi connectivity index (χ0n) is 21.7. The van der Waals surface area contributed by atoms with Gasteiger partial charge in [0.2, 0.25) is 5.91 Å². The average Bonchev–Trinajstić information content (AvgIpc) is 2.82. The molecule has 2 aromatic carbocycles. The molecule has 0 bridgehead atoms. The first kappa shape index (κ1) is 29.0. The number of rotatable bonds is 10. The Balaban J connectivity index is 2.44. The van der Waals surface area contributed by atoms with Crippen LogP contribution >= 0.6 is 0 Å². The lowest BCUT2D eigenvalue weighted by atomic mass is 10.0. The van der Waals surface area contributed by atoms with E-state index in [9.17, 15) is 24.6 Å². The number of nitrogens with zero attached hydrogens (tertiary/aromatic N) is 1. The molecule has 198 valence electrons. The van der Waals surface area contributed by atoms with E-state index in [-0.39, 0.29) is 17.9 Å². The summed E-state index contributed by atoms with van der Waals surface area (Å²) in [5, 5.41) is 24.7. The molecule has 0 saturated heterocycles. The maximum Gasteiger partial charge on any atom is 0.408 e. The number of alkyl carbamates (subject to hydrolysis) is 1. The Morgan fingerprint density at radius 1 is 1.03 bits per heavy atom. The number of phenols is 2. The number of carbonyl (C=O) groups excluding carboxylic acids is 3. The van der Waals surface area contributed by atoms with Gasteiger partial charge in [0.15, 0.2) is 0 Å². The maximum atomic E-state index is 13.8. The third-order valence-electron chi connectivity index (χ3n) is 5.29. The second-order valence-corrected chi connectivity index (χ2v) is 9.55. The normalized spacial score (nSPS) is 12.5. The summed E-state index contributed by atoms with van der Waals surface area (Å²) in [7, 11) is 0. The molecule has 9 heteroatoms. The Morgan fingerprint density at radius 2 is 1.59 bits per heavy atom. The number of amides is 3. The summed E-state index contributed by atoms with van der Waals surface area (Å²) in [5.74, 6) is -1.16. The number of terminal acetylenes is 1. The Kier molecular flexibility index (Phi) is 10.4. The van der Waals surface area contributed by atoms with Crippen molar-refractivity contribution in [2.24, 2.45) is 0 Å². The summed E-state index contributed by atoms with van der Waals surface area (Å²) in [5.41, 5.74) is 0.215. The fourth-order valence-corrected chi connectivity index (χ4v) is 3.51. The molecule has 0 aliphatic rings. The number of hydrogen-bond acceptors (Lipinski definition) is 6. The van der Waals surface area contributed by atoms with Crippen LogP contribution in [-0.2, 0) is 20.7 Å². The molecule has 0 heterocycles. The van der Waals surface area contributed by atoms with E-state index in [4.69, 9.17) is 11.2 Å². The van der Waals surface area contributed by atoms with Crippen molar-refractivity contribution in [3.63, 3.8) is 0 Å². The molecule has 0 aliphatic carbocycles. The number of hydrogen-bond donors (Lipinski definition) is 4. The lowest BCUT2D eigenvalue weighted by Crippen LogP contribution is -2.52. The largest absolute Gasteiger partial charge is 0.508 e. The summed E-state index contributed by atoms with van der Waals surface area (Å²) < 4.78 is 5.34. The summed E-state index contributed by atoms with van der Waals surface area (Å²) >= 11 is 0. The standard InChI is InChI=1S/C28H35N3O6/c1-6-8-17-29-25(34)24(20-11-15-22(33)16-12-20)31(7-2)26(35)23(30-27(36)37-28(3,4)5)18-19-9-13-21(32)14-10-19/h2,9-16,23-24,32-33H,6,8,17-18H2,1,3-5H3,(H,29,34)(H,30,36). The monoisotopic (exact) mass is 509 g/mol. The van der Waals surface area contributed by atoms with Crippen LogP contribution in [0.5, 0.6) is 11.5 Å². The molecular weight excluding hydrogens is 474 g/mol. The van der Waals surface area contributed by atoms with Gasteiger partial charge in [-0.2, -0.15) is 0 Å². The third-order valence-corrected chi connectivity index (χ3v) is 5.29. The predicted molar refractivity (Wildman–Crippen MR) is 139 cm³/mol. The molecule has 9 nitrogen and oxygen atoms in total. The van der Waals surface area contributed by atoms with Crippen molar-refractivity contribution in [3.05, 3.63) is 59.7 Å². The second kappa shape index (κ2) is 13.2. The van der Waals surface area contributed by atoms with Crippen molar-refractivity contribution in [1.82, 2.24) is 15.5 Å². The van der Waals surface area contributed by atoms with Crippen LogP contribution in [0.3, 0.4) is 0 Å². The zero-order chi connectivity index (χ0) is 27.6. The van der Waals surface area contributed by atoms with Crippen LogP contribution in [0, 0.1) is 12.5 Å². The highest BCUT2D eigenvalue weighted by molar-refractivity contribution is 5.93. The van der Waals surface area contributed by atoms with Gasteiger partial charge in [0.1, 0.15) is 29.2 Å². The van der Waals surface area contributed by atoms with Crippen LogP contribution in [-0.4, -0.2) is 51.2 Å². The number of phenolic OH excluding ortho intramolecular Hbond substituents is 2. The SMILES string of the molecule is C#CN(C(=O)C(Cc1ccc(O)cc1)NC(=O)OC(C)(C)C)C(C(=O)NCCCC)c1ccc(O)cc1. The highest BCUT2D eigenvalue weighted by atomic mass is 16.6. The van der Waals surface area contributed by atoms with Crippen LogP contribution in [0.15, 0.2) is 48.5 Å². The quantitative estimate of drug-likeness (QED) is 0.220. The van der Waals surface area contributed by atoms with Crippen LogP contribution in [0.2, 0.25) is 0 Å². The fourth-order valence-electron chi connectivity index (χ4n) is 3.51. The lowest BCUT2D eigenvalue weighted by molar-refractivity contribution is -0.138. The smallest absolute Gasteiger partial charge is 0.408 e. The number of ether oxygens (including phenoxy) is 1. The van der Waals surface area contributed by atoms with Crippen molar-refractivity contribution in [2.45, 2.75) is 64.6 Å². The Bertz CT molecular complexity index is 1100. The van der Waals surface area contributed by atoms with Gasteiger partial charge in [-0.15, -0.1) is 0 Å². The number of unbranched alkanes of at least 4 members (excludes halogenated alkanes) is 1. The third kappa shape index (κ3) is 9.08. The number of carbonyl (C=O) groups is 3. The van der Waals surface area contributed by atoms with Crippen molar-refractivity contribution < 1.29 is 29.3 Å². The van der Waals surface area contributed by atoms with Gasteiger partial charge in [0.25, 0.3) is 5.91 Å². The van der Waals surface area contributed by atoms with E-state index in [1.165, 1.54) is 36.4 Å². The first-order valence-electron chi connectivity index (χ1n) is 12.1. The Morgan fingerprint density at radius 3 is 2.11 bits per heavy atom. The van der Waals surface area contributed by atoms with Gasteiger partial charge in [0.05, 0.1) is 0 Å². The average molecular weight is 510 g/mol. The molecule has 0 fully saturated rings. The van der Waals surface area contributed by atoms with Gasteiger partial charge in [0, 0.05) is 19.0 Å². The van der Waals surface area contributed by atoms with Gasteiger partial charge in [-0.3, -0.25) is 14.5 Å². The van der Waals surface area contributed by atoms with Gasteiger partial charge >= 0.3 is 6.09 Å². The molecule has 2 atom stereocenters. The molecule has 2 unspecified atom stereocenters. The van der Waals surface area contributed by atoms with Gasteiger partial charge in [-0.25, -0.2) is 4.79 Å². The fraction of sp³-hybridized carbons (Fsp3) is 0.393. The van der Waals surface area contributed by atoms with E-state index >= 15 is 0 Å². The van der Waals surface area contributed by atoms with E-state index in [1.54, 1.807) is 32.9 Å². The molecule has 4 N–H and O–H groups in total.